The van der Waals surface area contributed by atoms with Gasteiger partial charge in [-0.05, 0) is 56.1 Å². The fourth-order valence-electron chi connectivity index (χ4n) is 2.22. The van der Waals surface area contributed by atoms with Gasteiger partial charge in [-0.15, -0.1) is 0 Å². The summed E-state index contributed by atoms with van der Waals surface area (Å²) in [5.41, 5.74) is 2.78. The van der Waals surface area contributed by atoms with E-state index in [0.29, 0.717) is 19.3 Å². The third-order valence-corrected chi connectivity index (χ3v) is 3.70. The first-order valence-corrected chi connectivity index (χ1v) is 6.28. The van der Waals surface area contributed by atoms with Gasteiger partial charge in [0.05, 0.1) is 12.2 Å². The van der Waals surface area contributed by atoms with Crippen LogP contribution in [-0.2, 0) is 0 Å². The molecule has 2 N–H and O–H groups in total. The minimum Gasteiger partial charge on any atom is -0.389 e. The average Bonchev–Trinajstić information content (AvgIpc) is 2.28. The Morgan fingerprint density at radius 2 is 1.59 bits per heavy atom. The van der Waals surface area contributed by atoms with Gasteiger partial charge in [0, 0.05) is 0 Å². The van der Waals surface area contributed by atoms with Crippen LogP contribution in [0.4, 0.5) is 0 Å². The Labute approximate surface area is 104 Å². The van der Waals surface area contributed by atoms with Crippen LogP contribution in [-0.4, -0.2) is 22.4 Å². The van der Waals surface area contributed by atoms with Crippen molar-refractivity contribution < 1.29 is 10.2 Å². The number of allylic oxidation sites excluding steroid dienone is 1. The molecule has 0 bridgehead atoms. The zero-order chi connectivity index (χ0) is 13.0. The highest BCUT2D eigenvalue weighted by molar-refractivity contribution is 5.11. The van der Waals surface area contributed by atoms with Crippen LogP contribution in [0.5, 0.6) is 0 Å². The van der Waals surface area contributed by atoms with E-state index >= 15 is 0 Å². The molecule has 1 fully saturated rings. The van der Waals surface area contributed by atoms with Crippen molar-refractivity contribution in [3.63, 3.8) is 0 Å². The first kappa shape index (κ1) is 14.2. The zero-order valence-electron chi connectivity index (χ0n) is 10.8. The summed E-state index contributed by atoms with van der Waals surface area (Å²) in [6, 6.07) is 0. The van der Waals surface area contributed by atoms with Gasteiger partial charge in [0.15, 0.2) is 0 Å². The van der Waals surface area contributed by atoms with Crippen LogP contribution in [0.1, 0.15) is 39.0 Å². The molecule has 0 saturated heterocycles. The molecule has 1 aliphatic rings. The fraction of sp³-hybridized carbons (Fsp3) is 0.600. The average molecular weight is 236 g/mol. The molecule has 1 saturated carbocycles. The summed E-state index contributed by atoms with van der Waals surface area (Å²) in [5, 5.41) is 19.9. The van der Waals surface area contributed by atoms with E-state index in [1.165, 1.54) is 0 Å². The van der Waals surface area contributed by atoms with Gasteiger partial charge in [-0.1, -0.05) is 25.3 Å². The summed E-state index contributed by atoms with van der Waals surface area (Å²) in [6.07, 6.45) is 2.72. The third-order valence-electron chi connectivity index (χ3n) is 3.70. The molecule has 0 aliphatic heterocycles. The maximum Gasteiger partial charge on any atom is 0.0753 e. The van der Waals surface area contributed by atoms with Crippen molar-refractivity contribution >= 4 is 0 Å². The van der Waals surface area contributed by atoms with Gasteiger partial charge in [-0.2, -0.15) is 0 Å². The van der Waals surface area contributed by atoms with Gasteiger partial charge in [0.25, 0.3) is 0 Å². The van der Waals surface area contributed by atoms with Crippen molar-refractivity contribution in [1.29, 1.82) is 0 Å². The number of hydrogen-bond donors (Lipinski definition) is 2. The molecule has 0 heterocycles. The lowest BCUT2D eigenvalue weighted by atomic mass is 9.84. The van der Waals surface area contributed by atoms with Crippen LogP contribution < -0.4 is 0 Å². The van der Waals surface area contributed by atoms with Crippen LogP contribution in [0, 0.1) is 5.92 Å². The molecular formula is C15H24O2. The molecule has 0 amide bonds. The molecule has 0 spiro atoms. The topological polar surface area (TPSA) is 40.5 Å². The van der Waals surface area contributed by atoms with Crippen LogP contribution >= 0.6 is 0 Å². The third kappa shape index (κ3) is 4.14. The number of hydrogen-bond acceptors (Lipinski definition) is 2. The van der Waals surface area contributed by atoms with Crippen molar-refractivity contribution in [2.45, 2.75) is 51.2 Å². The van der Waals surface area contributed by atoms with E-state index in [2.05, 4.69) is 19.7 Å². The number of aliphatic hydroxyl groups excluding tert-OH is 2. The minimum atomic E-state index is -0.477. The molecule has 17 heavy (non-hydrogen) atoms. The molecule has 1 aliphatic carbocycles. The van der Waals surface area contributed by atoms with Crippen LogP contribution in [0.25, 0.3) is 0 Å². The molecule has 0 unspecified atom stereocenters. The van der Waals surface area contributed by atoms with Gasteiger partial charge >= 0.3 is 0 Å². The Hall–Kier alpha value is -0.860. The minimum absolute atomic E-state index is 0.281. The van der Waals surface area contributed by atoms with Crippen molar-refractivity contribution in [2.75, 3.05) is 0 Å². The van der Waals surface area contributed by atoms with E-state index in [-0.39, 0.29) is 5.92 Å². The van der Waals surface area contributed by atoms with Gasteiger partial charge in [-0.3, -0.25) is 0 Å². The van der Waals surface area contributed by atoms with Crippen LogP contribution in [0.15, 0.2) is 36.5 Å². The van der Waals surface area contributed by atoms with Crippen LogP contribution in [0.3, 0.4) is 0 Å². The number of rotatable bonds is 1. The van der Waals surface area contributed by atoms with Gasteiger partial charge in [-0.25, -0.2) is 0 Å². The van der Waals surface area contributed by atoms with E-state index in [9.17, 15) is 10.2 Å². The highest BCUT2D eigenvalue weighted by atomic mass is 16.3. The summed E-state index contributed by atoms with van der Waals surface area (Å²) in [4.78, 5) is 0. The molecule has 0 aromatic rings. The van der Waals surface area contributed by atoms with Gasteiger partial charge < -0.3 is 10.2 Å². The molecule has 2 heteroatoms. The lowest BCUT2D eigenvalue weighted by Gasteiger charge is -2.26. The van der Waals surface area contributed by atoms with E-state index in [1.807, 2.05) is 6.92 Å². The largest absolute Gasteiger partial charge is 0.389 e. The Bertz CT molecular complexity index is 317. The highest BCUT2D eigenvalue weighted by Gasteiger charge is 2.21. The molecule has 0 aromatic carbocycles. The molecule has 1 rings (SSSR count). The summed E-state index contributed by atoms with van der Waals surface area (Å²) >= 11 is 0. The fourth-order valence-corrected chi connectivity index (χ4v) is 2.22. The summed E-state index contributed by atoms with van der Waals surface area (Å²) in [7, 11) is 0. The Kier molecular flexibility index (Phi) is 5.16. The van der Waals surface area contributed by atoms with Gasteiger partial charge in [0.2, 0.25) is 0 Å². The van der Waals surface area contributed by atoms with Crippen molar-refractivity contribution in [1.82, 2.24) is 0 Å². The Morgan fingerprint density at radius 3 is 2.18 bits per heavy atom. The molecule has 3 atom stereocenters. The molecule has 0 aromatic heterocycles. The molecule has 2 nitrogen and oxygen atoms in total. The Balaban J connectivity index is 2.77. The van der Waals surface area contributed by atoms with E-state index in [0.717, 1.165) is 29.6 Å². The van der Waals surface area contributed by atoms with Crippen LogP contribution in [0.2, 0.25) is 0 Å². The second-order valence-corrected chi connectivity index (χ2v) is 5.20. The van der Waals surface area contributed by atoms with E-state index in [4.69, 9.17) is 0 Å². The SMILES string of the molecule is C=C(C)[C@H]1CCC(=C)[C@H](O)CCC(=C)[C@@H](O)C1. The first-order valence-electron chi connectivity index (χ1n) is 6.28. The van der Waals surface area contributed by atoms with Gasteiger partial charge in [0.1, 0.15) is 0 Å². The molecular weight excluding hydrogens is 212 g/mol. The maximum atomic E-state index is 10.0. The predicted octanol–water partition coefficient (Wildman–Crippen LogP) is 2.98. The van der Waals surface area contributed by atoms with Crippen molar-refractivity contribution in [2.24, 2.45) is 5.92 Å². The standard InChI is InChI=1S/C15H24O2/c1-10(2)13-7-5-11(3)14(16)8-6-12(4)15(17)9-13/h13-17H,1,3-9H2,2H3/t13-,14+,15-/m0/s1. The Morgan fingerprint density at radius 1 is 1.06 bits per heavy atom. The van der Waals surface area contributed by atoms with E-state index < -0.39 is 12.2 Å². The summed E-state index contributed by atoms with van der Waals surface area (Å²) in [5.74, 6) is 0.281. The summed E-state index contributed by atoms with van der Waals surface area (Å²) < 4.78 is 0. The second-order valence-electron chi connectivity index (χ2n) is 5.20. The first-order chi connectivity index (χ1) is 7.91. The lowest BCUT2D eigenvalue weighted by molar-refractivity contribution is 0.157. The highest BCUT2D eigenvalue weighted by Crippen LogP contribution is 2.29. The normalized spacial score (nSPS) is 32.3. The molecule has 0 radical (unpaired) electrons. The predicted molar refractivity (Wildman–Crippen MR) is 71.7 cm³/mol. The monoisotopic (exact) mass is 236 g/mol. The quantitative estimate of drug-likeness (QED) is 0.687. The second kappa shape index (κ2) is 6.18. The van der Waals surface area contributed by atoms with Crippen molar-refractivity contribution in [3.05, 3.63) is 36.5 Å². The lowest BCUT2D eigenvalue weighted by Crippen LogP contribution is -2.21. The maximum absolute atomic E-state index is 10.0. The van der Waals surface area contributed by atoms with Crippen molar-refractivity contribution in [3.8, 4) is 0 Å². The zero-order valence-corrected chi connectivity index (χ0v) is 10.8. The van der Waals surface area contributed by atoms with E-state index in [1.54, 1.807) is 0 Å². The summed E-state index contributed by atoms with van der Waals surface area (Å²) in [6.45, 7) is 13.8. The smallest absolute Gasteiger partial charge is 0.0753 e. The molecule has 96 valence electrons. The number of aliphatic hydroxyl groups is 2.